The van der Waals surface area contributed by atoms with Crippen molar-refractivity contribution in [3.05, 3.63) is 104 Å². The van der Waals surface area contributed by atoms with Crippen molar-refractivity contribution in [3.63, 3.8) is 0 Å². The Hall–Kier alpha value is -2.92. The predicted molar refractivity (Wildman–Crippen MR) is 128 cm³/mol. The molecule has 0 aliphatic rings. The van der Waals surface area contributed by atoms with E-state index in [2.05, 4.69) is 31.2 Å². The van der Waals surface area contributed by atoms with E-state index in [1.807, 2.05) is 31.2 Å². The number of rotatable bonds is 7. The van der Waals surface area contributed by atoms with E-state index < -0.39 is 9.84 Å². The normalized spacial score (nSPS) is 11.9. The van der Waals surface area contributed by atoms with Gasteiger partial charge in [0.15, 0.2) is 9.84 Å². The van der Waals surface area contributed by atoms with Crippen molar-refractivity contribution in [1.82, 2.24) is 4.57 Å². The van der Waals surface area contributed by atoms with E-state index in [-0.39, 0.29) is 11.3 Å². The fourth-order valence-corrected chi connectivity index (χ4v) is 5.05. The van der Waals surface area contributed by atoms with Crippen LogP contribution in [0.25, 0.3) is 11.1 Å². The first kappa shape index (κ1) is 22.8. The smallest absolute Gasteiger partial charge is 0.253 e. The number of sulfone groups is 1. The van der Waals surface area contributed by atoms with Crippen LogP contribution in [-0.4, -0.2) is 13.0 Å². The molecule has 0 unspecified atom stereocenters. The molecule has 4 nitrogen and oxygen atoms in total. The van der Waals surface area contributed by atoms with Crippen molar-refractivity contribution in [3.8, 4) is 11.1 Å². The Kier molecular flexibility index (Phi) is 6.96. The summed E-state index contributed by atoms with van der Waals surface area (Å²) >= 11 is 0. The highest BCUT2D eigenvalue weighted by Crippen LogP contribution is 2.31. The minimum Gasteiger partial charge on any atom is -0.318 e. The van der Waals surface area contributed by atoms with Gasteiger partial charge in [-0.05, 0) is 60.6 Å². The van der Waals surface area contributed by atoms with E-state index in [1.165, 1.54) is 11.0 Å². The summed E-state index contributed by atoms with van der Waals surface area (Å²) in [7, 11) is -1.65. The molecule has 31 heavy (non-hydrogen) atoms. The third-order valence-electron chi connectivity index (χ3n) is 5.38. The zero-order valence-electron chi connectivity index (χ0n) is 18.6. The predicted octanol–water partition coefficient (Wildman–Crippen LogP) is 4.96. The minimum absolute atomic E-state index is 0.0228. The van der Waals surface area contributed by atoms with Crippen LogP contribution in [-0.2, 0) is 35.5 Å². The van der Waals surface area contributed by atoms with Gasteiger partial charge in [0.25, 0.3) is 5.56 Å². The Labute approximate surface area is 184 Å². The van der Waals surface area contributed by atoms with Gasteiger partial charge in [0.05, 0.1) is 5.75 Å². The molecule has 0 saturated heterocycles. The topological polar surface area (TPSA) is 56.1 Å². The molecule has 0 atom stereocenters. The Morgan fingerprint density at radius 3 is 2.32 bits per heavy atom. The highest BCUT2D eigenvalue weighted by atomic mass is 32.2. The average molecular weight is 436 g/mol. The van der Waals surface area contributed by atoms with Gasteiger partial charge < -0.3 is 4.57 Å². The second-order valence-corrected chi connectivity index (χ2v) is 9.80. The number of hydrogen-bond donors (Lipinski definition) is 0. The van der Waals surface area contributed by atoms with Gasteiger partial charge in [0, 0.05) is 24.2 Å². The molecule has 3 aromatic rings. The zero-order chi connectivity index (χ0) is 22.6. The number of pyridine rings is 1. The summed E-state index contributed by atoms with van der Waals surface area (Å²) in [5, 5.41) is 1.25. The maximum absolute atomic E-state index is 12.6. The van der Waals surface area contributed by atoms with Crippen LogP contribution >= 0.6 is 0 Å². The molecular formula is C26H29NO3S. The molecule has 0 radical (unpaired) electrons. The van der Waals surface area contributed by atoms with Gasteiger partial charge in [0.1, 0.15) is 0 Å². The van der Waals surface area contributed by atoms with Crippen LogP contribution in [0.5, 0.6) is 0 Å². The van der Waals surface area contributed by atoms with Gasteiger partial charge in [-0.25, -0.2) is 8.42 Å². The molecular weight excluding hydrogens is 406 g/mol. The van der Waals surface area contributed by atoms with Crippen LogP contribution in [0.4, 0.5) is 0 Å². The first-order valence-corrected chi connectivity index (χ1v) is 12.2. The molecule has 5 heteroatoms. The van der Waals surface area contributed by atoms with Crippen LogP contribution in [0.1, 0.15) is 41.7 Å². The summed E-state index contributed by atoms with van der Waals surface area (Å²) in [6.07, 6.45) is 4.65. The summed E-state index contributed by atoms with van der Waals surface area (Å²) in [5.74, 6) is -0.0846. The van der Waals surface area contributed by atoms with Gasteiger partial charge in [-0.3, -0.25) is 4.79 Å². The van der Waals surface area contributed by atoms with Crippen LogP contribution in [0, 0.1) is 6.92 Å². The number of nitrogens with zero attached hydrogens (tertiary/aromatic N) is 1. The van der Waals surface area contributed by atoms with Crippen molar-refractivity contribution in [2.45, 2.75) is 39.4 Å². The van der Waals surface area contributed by atoms with E-state index in [9.17, 15) is 13.2 Å². The van der Waals surface area contributed by atoms with Crippen molar-refractivity contribution >= 4 is 9.84 Å². The van der Waals surface area contributed by atoms with E-state index in [4.69, 9.17) is 0 Å². The SMILES string of the molecule is C/C=C/S(=O)(=O)Cc1cccc(Cc2ccc(C)cc2)c1-c1cc(CC)c(=O)n(C)c1. The van der Waals surface area contributed by atoms with Gasteiger partial charge in [-0.2, -0.15) is 0 Å². The Bertz CT molecular complexity index is 1270. The quantitative estimate of drug-likeness (QED) is 0.527. The standard InChI is InChI=1S/C26H29NO3S/c1-5-14-31(29,30)18-23-9-7-8-22(15-20-12-10-19(3)11-13-20)25(23)24-16-21(6-2)26(28)27(4)17-24/h5,7-14,16-17H,6,15,18H2,1-4H3/b14-5+. The number of benzene rings is 2. The molecule has 0 fully saturated rings. The maximum Gasteiger partial charge on any atom is 0.253 e. The third-order valence-corrected chi connectivity index (χ3v) is 6.78. The van der Waals surface area contributed by atoms with Crippen LogP contribution in [0.15, 0.2) is 71.0 Å². The van der Waals surface area contributed by atoms with Crippen molar-refractivity contribution in [1.29, 1.82) is 0 Å². The Morgan fingerprint density at radius 2 is 1.68 bits per heavy atom. The lowest BCUT2D eigenvalue weighted by molar-refractivity contribution is 0.604. The first-order valence-electron chi connectivity index (χ1n) is 10.5. The van der Waals surface area contributed by atoms with E-state index in [1.54, 1.807) is 30.8 Å². The highest BCUT2D eigenvalue weighted by molar-refractivity contribution is 7.93. The molecule has 0 N–H and O–H groups in total. The van der Waals surface area contributed by atoms with Gasteiger partial charge in [-0.15, -0.1) is 0 Å². The molecule has 0 bridgehead atoms. The number of aromatic nitrogens is 1. The van der Waals surface area contributed by atoms with Gasteiger partial charge in [-0.1, -0.05) is 61.0 Å². The van der Waals surface area contributed by atoms with Gasteiger partial charge in [0.2, 0.25) is 0 Å². The summed E-state index contributed by atoms with van der Waals surface area (Å²) < 4.78 is 26.8. The van der Waals surface area contributed by atoms with Crippen molar-refractivity contribution < 1.29 is 8.42 Å². The van der Waals surface area contributed by atoms with Crippen molar-refractivity contribution in [2.24, 2.45) is 7.05 Å². The zero-order valence-corrected chi connectivity index (χ0v) is 19.4. The maximum atomic E-state index is 12.6. The first-order chi connectivity index (χ1) is 14.7. The summed E-state index contributed by atoms with van der Waals surface area (Å²) in [4.78, 5) is 12.4. The number of hydrogen-bond acceptors (Lipinski definition) is 3. The molecule has 0 spiro atoms. The average Bonchev–Trinajstić information content (AvgIpc) is 2.71. The minimum atomic E-state index is -3.39. The molecule has 2 aromatic carbocycles. The summed E-state index contributed by atoms with van der Waals surface area (Å²) in [6, 6.07) is 16.1. The number of aryl methyl sites for hydroxylation is 3. The van der Waals surface area contributed by atoms with Crippen molar-refractivity contribution in [2.75, 3.05) is 0 Å². The van der Waals surface area contributed by atoms with E-state index in [0.29, 0.717) is 18.4 Å². The fourth-order valence-electron chi connectivity index (χ4n) is 3.86. The van der Waals surface area contributed by atoms with E-state index >= 15 is 0 Å². The van der Waals surface area contributed by atoms with Crippen LogP contribution < -0.4 is 5.56 Å². The summed E-state index contributed by atoms with van der Waals surface area (Å²) in [5.41, 5.74) is 6.58. The molecule has 0 amide bonds. The second-order valence-electron chi connectivity index (χ2n) is 7.91. The Morgan fingerprint density at radius 1 is 1.00 bits per heavy atom. The molecule has 0 aliphatic carbocycles. The molecule has 1 heterocycles. The molecule has 162 valence electrons. The lowest BCUT2D eigenvalue weighted by Gasteiger charge is -2.17. The second kappa shape index (κ2) is 9.48. The number of allylic oxidation sites excluding steroid dienone is 1. The molecule has 3 rings (SSSR count). The van der Waals surface area contributed by atoms with Crippen LogP contribution in [0.3, 0.4) is 0 Å². The largest absolute Gasteiger partial charge is 0.318 e. The molecule has 0 saturated carbocycles. The fraction of sp³-hybridized carbons (Fsp3) is 0.269. The van der Waals surface area contributed by atoms with Gasteiger partial charge >= 0.3 is 0 Å². The van der Waals surface area contributed by atoms with Crippen LogP contribution in [0.2, 0.25) is 0 Å². The lowest BCUT2D eigenvalue weighted by Crippen LogP contribution is -2.20. The monoisotopic (exact) mass is 435 g/mol. The molecule has 0 aliphatic heterocycles. The lowest BCUT2D eigenvalue weighted by atomic mass is 9.91. The Balaban J connectivity index is 2.22. The summed E-state index contributed by atoms with van der Waals surface area (Å²) in [6.45, 7) is 5.71. The molecule has 1 aromatic heterocycles. The third kappa shape index (κ3) is 5.42. The van der Waals surface area contributed by atoms with E-state index in [0.717, 1.165) is 27.8 Å². The highest BCUT2D eigenvalue weighted by Gasteiger charge is 2.18.